The third kappa shape index (κ3) is 5.10. The summed E-state index contributed by atoms with van der Waals surface area (Å²) in [7, 11) is -3.70. The van der Waals surface area contributed by atoms with Gasteiger partial charge in [-0.25, -0.2) is 8.42 Å². The molecule has 1 amide bonds. The highest BCUT2D eigenvalue weighted by molar-refractivity contribution is 7.92. The molecule has 0 spiro atoms. The number of amides is 1. The Morgan fingerprint density at radius 2 is 1.52 bits per heavy atom. The van der Waals surface area contributed by atoms with Crippen molar-refractivity contribution in [3.8, 4) is 0 Å². The molecule has 0 radical (unpaired) electrons. The Bertz CT molecular complexity index is 895. The van der Waals surface area contributed by atoms with Gasteiger partial charge in [-0.2, -0.15) is 0 Å². The van der Waals surface area contributed by atoms with Crippen molar-refractivity contribution < 1.29 is 13.2 Å². The molecular formula is C21H26N2O3S. The molecule has 2 aromatic rings. The molecule has 1 saturated carbocycles. The number of hydrogen-bond donors (Lipinski definition) is 2. The number of sulfonamides is 1. The molecule has 0 heterocycles. The lowest BCUT2D eigenvalue weighted by molar-refractivity contribution is 0.0927. The van der Waals surface area contributed by atoms with Crippen molar-refractivity contribution in [2.75, 3.05) is 4.72 Å². The average Bonchev–Trinajstić information content (AvgIpc) is 2.61. The molecule has 2 aromatic carbocycles. The van der Waals surface area contributed by atoms with Crippen LogP contribution in [0.4, 0.5) is 5.69 Å². The third-order valence-corrected chi connectivity index (χ3v) is 6.24. The predicted molar refractivity (Wildman–Crippen MR) is 108 cm³/mol. The Hall–Kier alpha value is -2.34. The molecular weight excluding hydrogens is 360 g/mol. The molecule has 3 rings (SSSR count). The SMILES string of the molecule is Cc1cc(C)cc(NS(=O)(=O)c2ccc(C(=O)NC3CCCCC3)cc2)c1. The van der Waals surface area contributed by atoms with Crippen molar-refractivity contribution in [3.05, 3.63) is 59.2 Å². The van der Waals surface area contributed by atoms with E-state index in [2.05, 4.69) is 10.0 Å². The monoisotopic (exact) mass is 386 g/mol. The van der Waals surface area contributed by atoms with E-state index in [1.807, 2.05) is 19.9 Å². The lowest BCUT2D eigenvalue weighted by Gasteiger charge is -2.22. The first-order valence-corrected chi connectivity index (χ1v) is 10.8. The van der Waals surface area contributed by atoms with Gasteiger partial charge in [-0.15, -0.1) is 0 Å². The van der Waals surface area contributed by atoms with E-state index in [4.69, 9.17) is 0 Å². The highest BCUT2D eigenvalue weighted by Gasteiger charge is 2.18. The molecule has 144 valence electrons. The summed E-state index contributed by atoms with van der Waals surface area (Å²) in [5.41, 5.74) is 2.99. The van der Waals surface area contributed by atoms with E-state index in [0.717, 1.165) is 36.8 Å². The zero-order valence-corrected chi connectivity index (χ0v) is 16.6. The Morgan fingerprint density at radius 3 is 2.11 bits per heavy atom. The molecule has 1 fully saturated rings. The Morgan fingerprint density at radius 1 is 0.926 bits per heavy atom. The van der Waals surface area contributed by atoms with Crippen LogP contribution in [0.1, 0.15) is 53.6 Å². The number of rotatable bonds is 5. The second-order valence-electron chi connectivity index (χ2n) is 7.31. The van der Waals surface area contributed by atoms with Crippen molar-refractivity contribution in [2.45, 2.75) is 56.9 Å². The lowest BCUT2D eigenvalue weighted by Crippen LogP contribution is -2.36. The van der Waals surface area contributed by atoms with Crippen LogP contribution in [0.5, 0.6) is 0 Å². The molecule has 27 heavy (non-hydrogen) atoms. The number of hydrogen-bond acceptors (Lipinski definition) is 3. The molecule has 0 atom stereocenters. The van der Waals surface area contributed by atoms with Gasteiger partial charge in [0.05, 0.1) is 4.90 Å². The summed E-state index contributed by atoms with van der Waals surface area (Å²) < 4.78 is 27.8. The molecule has 0 unspecified atom stereocenters. The van der Waals surface area contributed by atoms with Gasteiger partial charge >= 0.3 is 0 Å². The Balaban J connectivity index is 1.70. The number of carbonyl (C=O) groups excluding carboxylic acids is 1. The first-order chi connectivity index (χ1) is 12.8. The first kappa shape index (κ1) is 19.4. The molecule has 5 nitrogen and oxygen atoms in total. The van der Waals surface area contributed by atoms with Gasteiger partial charge in [-0.05, 0) is 74.2 Å². The summed E-state index contributed by atoms with van der Waals surface area (Å²) in [5, 5.41) is 3.04. The zero-order valence-electron chi connectivity index (χ0n) is 15.8. The van der Waals surface area contributed by atoms with Crippen LogP contribution in [-0.4, -0.2) is 20.4 Å². The summed E-state index contributed by atoms with van der Waals surface area (Å²) >= 11 is 0. The number of anilines is 1. The summed E-state index contributed by atoms with van der Waals surface area (Å²) in [4.78, 5) is 12.5. The average molecular weight is 387 g/mol. The van der Waals surface area contributed by atoms with Gasteiger partial charge in [0, 0.05) is 17.3 Å². The van der Waals surface area contributed by atoms with Crippen LogP contribution in [0, 0.1) is 13.8 Å². The summed E-state index contributed by atoms with van der Waals surface area (Å²) in [6, 6.07) is 11.9. The maximum absolute atomic E-state index is 12.6. The van der Waals surface area contributed by atoms with E-state index in [0.29, 0.717) is 11.3 Å². The Labute approximate surface area is 161 Å². The normalized spacial score (nSPS) is 15.3. The smallest absolute Gasteiger partial charge is 0.261 e. The first-order valence-electron chi connectivity index (χ1n) is 9.35. The molecule has 0 saturated heterocycles. The van der Waals surface area contributed by atoms with E-state index >= 15 is 0 Å². The second-order valence-corrected chi connectivity index (χ2v) is 9.00. The summed E-state index contributed by atoms with van der Waals surface area (Å²) in [5.74, 6) is -0.145. The lowest BCUT2D eigenvalue weighted by atomic mass is 9.95. The largest absolute Gasteiger partial charge is 0.349 e. The van der Waals surface area contributed by atoms with Crippen LogP contribution in [0.2, 0.25) is 0 Å². The molecule has 0 aliphatic heterocycles. The maximum Gasteiger partial charge on any atom is 0.261 e. The predicted octanol–water partition coefficient (Wildman–Crippen LogP) is 4.17. The summed E-state index contributed by atoms with van der Waals surface area (Å²) in [6.45, 7) is 3.84. The fourth-order valence-electron chi connectivity index (χ4n) is 3.55. The minimum Gasteiger partial charge on any atom is -0.349 e. The van der Waals surface area contributed by atoms with Crippen LogP contribution in [0.15, 0.2) is 47.4 Å². The van der Waals surface area contributed by atoms with Gasteiger partial charge in [0.1, 0.15) is 0 Å². The maximum atomic E-state index is 12.6. The van der Waals surface area contributed by atoms with Crippen molar-refractivity contribution in [1.29, 1.82) is 0 Å². The minimum absolute atomic E-state index is 0.135. The van der Waals surface area contributed by atoms with Gasteiger partial charge in [-0.3, -0.25) is 9.52 Å². The molecule has 6 heteroatoms. The van der Waals surface area contributed by atoms with Crippen molar-refractivity contribution in [3.63, 3.8) is 0 Å². The van der Waals surface area contributed by atoms with E-state index in [1.165, 1.54) is 18.6 Å². The molecule has 2 N–H and O–H groups in total. The summed E-state index contributed by atoms with van der Waals surface area (Å²) in [6.07, 6.45) is 5.54. The fourth-order valence-corrected chi connectivity index (χ4v) is 4.59. The van der Waals surface area contributed by atoms with E-state index in [1.54, 1.807) is 24.3 Å². The number of aryl methyl sites for hydroxylation is 2. The van der Waals surface area contributed by atoms with Gasteiger partial charge in [0.15, 0.2) is 0 Å². The molecule has 0 bridgehead atoms. The number of benzene rings is 2. The van der Waals surface area contributed by atoms with E-state index in [9.17, 15) is 13.2 Å². The number of nitrogens with one attached hydrogen (secondary N) is 2. The van der Waals surface area contributed by atoms with Crippen LogP contribution >= 0.6 is 0 Å². The van der Waals surface area contributed by atoms with Gasteiger partial charge in [0.25, 0.3) is 15.9 Å². The van der Waals surface area contributed by atoms with Crippen LogP contribution in [0.3, 0.4) is 0 Å². The number of carbonyl (C=O) groups is 1. The van der Waals surface area contributed by atoms with Gasteiger partial charge < -0.3 is 5.32 Å². The zero-order chi connectivity index (χ0) is 19.4. The molecule has 0 aromatic heterocycles. The minimum atomic E-state index is -3.70. The van der Waals surface area contributed by atoms with E-state index in [-0.39, 0.29) is 16.8 Å². The quantitative estimate of drug-likeness (QED) is 0.810. The van der Waals surface area contributed by atoms with E-state index < -0.39 is 10.0 Å². The standard InChI is InChI=1S/C21H26N2O3S/c1-15-12-16(2)14-19(13-15)23-27(25,26)20-10-8-17(9-11-20)21(24)22-18-6-4-3-5-7-18/h8-14,18,23H,3-7H2,1-2H3,(H,22,24). The van der Waals surface area contributed by atoms with Crippen LogP contribution in [-0.2, 0) is 10.0 Å². The molecule has 1 aliphatic carbocycles. The Kier molecular flexibility index (Phi) is 5.85. The fraction of sp³-hybridized carbons (Fsp3) is 0.381. The van der Waals surface area contributed by atoms with Crippen LogP contribution in [0.25, 0.3) is 0 Å². The highest BCUT2D eigenvalue weighted by Crippen LogP contribution is 2.20. The topological polar surface area (TPSA) is 75.3 Å². The van der Waals surface area contributed by atoms with Crippen molar-refractivity contribution >= 4 is 21.6 Å². The van der Waals surface area contributed by atoms with Crippen molar-refractivity contribution in [1.82, 2.24) is 5.32 Å². The van der Waals surface area contributed by atoms with Crippen LogP contribution < -0.4 is 10.0 Å². The van der Waals surface area contributed by atoms with Gasteiger partial charge in [-0.1, -0.05) is 25.3 Å². The van der Waals surface area contributed by atoms with Gasteiger partial charge in [0.2, 0.25) is 0 Å². The highest BCUT2D eigenvalue weighted by atomic mass is 32.2. The second kappa shape index (κ2) is 8.13. The molecule has 1 aliphatic rings. The third-order valence-electron chi connectivity index (χ3n) is 4.84. The van der Waals surface area contributed by atoms with Crippen molar-refractivity contribution in [2.24, 2.45) is 0 Å².